The van der Waals surface area contributed by atoms with E-state index in [2.05, 4.69) is 25.3 Å². The molecule has 3 amide bonds. The van der Waals surface area contributed by atoms with E-state index in [0.29, 0.717) is 43.4 Å². The number of ether oxygens (including phenoxy) is 2. The maximum atomic E-state index is 15.0. The van der Waals surface area contributed by atoms with Crippen LogP contribution in [0.15, 0.2) is 30.6 Å². The number of anilines is 2. The molecule has 2 fully saturated rings. The molecule has 2 aliphatic heterocycles. The summed E-state index contributed by atoms with van der Waals surface area (Å²) in [6.45, 7) is 3.77. The number of hydrogen-bond acceptors (Lipinski definition) is 10. The van der Waals surface area contributed by atoms with Crippen LogP contribution in [0.4, 0.5) is 20.8 Å². The number of cyclic esters (lactones) is 1. The van der Waals surface area contributed by atoms with Crippen LogP contribution in [0, 0.1) is 5.82 Å². The van der Waals surface area contributed by atoms with Gasteiger partial charge in [-0.3, -0.25) is 24.6 Å². The highest BCUT2D eigenvalue weighted by Gasteiger charge is 2.33. The molecule has 2 aliphatic rings. The van der Waals surface area contributed by atoms with Crippen LogP contribution < -0.4 is 20.4 Å². The molecule has 2 aromatic rings. The van der Waals surface area contributed by atoms with Crippen LogP contribution in [0.1, 0.15) is 6.92 Å². The van der Waals surface area contributed by atoms with Crippen molar-refractivity contribution in [3.8, 4) is 11.1 Å². The SMILES string of the molecule is COC(=O)CNCC(=O)N1CCN(c2ncc(-c3ccc(N4C[C@H](CNC(C)=O)OC4=O)cc3F)cn2)CC1. The number of esters is 1. The highest BCUT2D eigenvalue weighted by Crippen LogP contribution is 2.29. The monoisotopic (exact) mass is 543 g/mol. The molecule has 4 rings (SSSR count). The number of halogens is 1. The summed E-state index contributed by atoms with van der Waals surface area (Å²) < 4.78 is 24.8. The third kappa shape index (κ3) is 6.96. The van der Waals surface area contributed by atoms with Crippen molar-refractivity contribution in [2.24, 2.45) is 0 Å². The van der Waals surface area contributed by atoms with Gasteiger partial charge < -0.3 is 24.6 Å². The maximum Gasteiger partial charge on any atom is 0.414 e. The number of benzene rings is 1. The van der Waals surface area contributed by atoms with Gasteiger partial charge in [-0.05, 0) is 18.2 Å². The lowest BCUT2D eigenvalue weighted by Gasteiger charge is -2.34. The van der Waals surface area contributed by atoms with Crippen molar-refractivity contribution in [1.29, 1.82) is 0 Å². The number of hydrogen-bond donors (Lipinski definition) is 2. The van der Waals surface area contributed by atoms with E-state index in [1.807, 2.05) is 4.90 Å². The summed E-state index contributed by atoms with van der Waals surface area (Å²) in [6, 6.07) is 4.42. The number of nitrogens with one attached hydrogen (secondary N) is 2. The van der Waals surface area contributed by atoms with Gasteiger partial charge in [0, 0.05) is 56.6 Å². The summed E-state index contributed by atoms with van der Waals surface area (Å²) in [5, 5.41) is 5.36. The number of rotatable bonds is 9. The number of carbonyl (C=O) groups excluding carboxylic acids is 4. The predicted molar refractivity (Wildman–Crippen MR) is 137 cm³/mol. The van der Waals surface area contributed by atoms with Gasteiger partial charge in [-0.1, -0.05) is 0 Å². The molecule has 2 saturated heterocycles. The van der Waals surface area contributed by atoms with E-state index in [1.54, 1.807) is 17.0 Å². The minimum atomic E-state index is -0.607. The smallest absolute Gasteiger partial charge is 0.414 e. The molecule has 1 aromatic heterocycles. The Balaban J connectivity index is 1.32. The summed E-state index contributed by atoms with van der Waals surface area (Å²) in [5.74, 6) is -0.855. The molecule has 0 saturated carbocycles. The zero-order valence-electron chi connectivity index (χ0n) is 21.7. The molecule has 1 aromatic carbocycles. The summed E-state index contributed by atoms with van der Waals surface area (Å²) in [6.07, 6.45) is 1.93. The van der Waals surface area contributed by atoms with Gasteiger partial charge in [0.15, 0.2) is 0 Å². The normalized spacial score (nSPS) is 17.2. The molecule has 0 unspecified atom stereocenters. The van der Waals surface area contributed by atoms with Gasteiger partial charge in [0.2, 0.25) is 17.8 Å². The van der Waals surface area contributed by atoms with Crippen molar-refractivity contribution in [3.05, 3.63) is 36.4 Å². The van der Waals surface area contributed by atoms with Crippen molar-refractivity contribution in [1.82, 2.24) is 25.5 Å². The second-order valence-corrected chi connectivity index (χ2v) is 9.04. The summed E-state index contributed by atoms with van der Waals surface area (Å²) in [4.78, 5) is 60.5. The van der Waals surface area contributed by atoms with Crippen LogP contribution in [-0.4, -0.2) is 104 Å². The van der Waals surface area contributed by atoms with Crippen LogP contribution in [-0.2, 0) is 23.9 Å². The Hall–Kier alpha value is -4.33. The quantitative estimate of drug-likeness (QED) is 0.419. The van der Waals surface area contributed by atoms with E-state index in [1.165, 1.54) is 37.4 Å². The second-order valence-electron chi connectivity index (χ2n) is 9.04. The predicted octanol–water partition coefficient (Wildman–Crippen LogP) is 0.155. The van der Waals surface area contributed by atoms with E-state index in [4.69, 9.17) is 4.74 Å². The van der Waals surface area contributed by atoms with Crippen LogP contribution in [0.25, 0.3) is 11.1 Å². The third-order valence-corrected chi connectivity index (χ3v) is 6.35. The highest BCUT2D eigenvalue weighted by molar-refractivity contribution is 5.90. The molecule has 2 N–H and O–H groups in total. The fourth-order valence-corrected chi connectivity index (χ4v) is 4.24. The summed E-state index contributed by atoms with van der Waals surface area (Å²) in [7, 11) is 1.29. The lowest BCUT2D eigenvalue weighted by Crippen LogP contribution is -2.51. The van der Waals surface area contributed by atoms with Crippen molar-refractivity contribution in [2.45, 2.75) is 13.0 Å². The Bertz CT molecular complexity index is 1220. The van der Waals surface area contributed by atoms with Crippen molar-refractivity contribution in [3.63, 3.8) is 0 Å². The van der Waals surface area contributed by atoms with Gasteiger partial charge in [-0.2, -0.15) is 0 Å². The average molecular weight is 544 g/mol. The topological polar surface area (TPSA) is 146 Å². The van der Waals surface area contributed by atoms with Crippen molar-refractivity contribution >= 4 is 35.5 Å². The van der Waals surface area contributed by atoms with E-state index in [0.717, 1.165) is 0 Å². The van der Waals surface area contributed by atoms with Gasteiger partial charge in [0.1, 0.15) is 11.9 Å². The van der Waals surface area contributed by atoms with Crippen LogP contribution in [0.2, 0.25) is 0 Å². The highest BCUT2D eigenvalue weighted by atomic mass is 19.1. The van der Waals surface area contributed by atoms with Gasteiger partial charge in [-0.15, -0.1) is 0 Å². The molecule has 3 heterocycles. The Morgan fingerprint density at radius 1 is 1.13 bits per heavy atom. The molecule has 0 bridgehead atoms. The number of carbonyl (C=O) groups is 4. The molecule has 208 valence electrons. The van der Waals surface area contributed by atoms with Crippen molar-refractivity contribution < 1.29 is 33.0 Å². The largest absolute Gasteiger partial charge is 0.468 e. The lowest BCUT2D eigenvalue weighted by atomic mass is 10.1. The summed E-state index contributed by atoms with van der Waals surface area (Å²) in [5.41, 5.74) is 1.10. The van der Waals surface area contributed by atoms with Crippen LogP contribution >= 0.6 is 0 Å². The average Bonchev–Trinajstić information content (AvgIpc) is 3.32. The summed E-state index contributed by atoms with van der Waals surface area (Å²) >= 11 is 0. The zero-order valence-corrected chi connectivity index (χ0v) is 21.7. The Morgan fingerprint density at radius 3 is 2.49 bits per heavy atom. The fourth-order valence-electron chi connectivity index (χ4n) is 4.24. The van der Waals surface area contributed by atoms with E-state index in [9.17, 15) is 19.2 Å². The maximum absolute atomic E-state index is 15.0. The first kappa shape index (κ1) is 27.7. The molecule has 0 radical (unpaired) electrons. The molecular formula is C25H30FN7O6. The lowest BCUT2D eigenvalue weighted by molar-refractivity contribution is -0.139. The van der Waals surface area contributed by atoms with E-state index >= 15 is 4.39 Å². The number of nitrogens with zero attached hydrogens (tertiary/aromatic N) is 5. The first-order chi connectivity index (χ1) is 18.7. The van der Waals surface area contributed by atoms with Gasteiger partial charge >= 0.3 is 12.1 Å². The minimum Gasteiger partial charge on any atom is -0.468 e. The molecule has 0 spiro atoms. The first-order valence-electron chi connectivity index (χ1n) is 12.4. The minimum absolute atomic E-state index is 0.0308. The Labute approximate surface area is 224 Å². The van der Waals surface area contributed by atoms with E-state index in [-0.39, 0.29) is 43.6 Å². The van der Waals surface area contributed by atoms with Gasteiger partial charge in [0.25, 0.3) is 0 Å². The molecule has 1 atom stereocenters. The number of amides is 3. The molecule has 39 heavy (non-hydrogen) atoms. The third-order valence-electron chi connectivity index (χ3n) is 6.35. The molecule has 0 aliphatic carbocycles. The zero-order chi connectivity index (χ0) is 27.9. The van der Waals surface area contributed by atoms with Gasteiger partial charge in [0.05, 0.1) is 39.0 Å². The molecule has 13 nitrogen and oxygen atoms in total. The fraction of sp³-hybridized carbons (Fsp3) is 0.440. The van der Waals surface area contributed by atoms with E-state index < -0.39 is 24.0 Å². The first-order valence-corrected chi connectivity index (χ1v) is 12.4. The second kappa shape index (κ2) is 12.5. The van der Waals surface area contributed by atoms with Gasteiger partial charge in [-0.25, -0.2) is 19.2 Å². The van der Waals surface area contributed by atoms with Crippen LogP contribution in [0.5, 0.6) is 0 Å². The molecule has 14 heteroatoms. The van der Waals surface area contributed by atoms with Crippen molar-refractivity contribution in [2.75, 3.05) is 69.3 Å². The number of piperazine rings is 1. The Kier molecular flexibility index (Phi) is 8.86. The molecular weight excluding hydrogens is 513 g/mol. The van der Waals surface area contributed by atoms with Crippen LogP contribution in [0.3, 0.4) is 0 Å². The standard InChI is InChI=1S/C25H30FN7O6/c1-16(34)28-12-19-15-33(25(37)39-19)18-3-4-20(21(26)9-18)17-10-29-24(30-11-17)32-7-5-31(6-8-32)22(35)13-27-14-23(36)38-2/h3-4,9-11,19,27H,5-8,12-15H2,1-2H3,(H,28,34)/t19-/m0/s1. The Morgan fingerprint density at radius 2 is 1.85 bits per heavy atom. The number of aromatic nitrogens is 2. The number of methoxy groups -OCH3 is 1.